The van der Waals surface area contributed by atoms with Crippen molar-refractivity contribution >= 4 is 51.7 Å². The molecule has 0 N–H and O–H groups in total. The van der Waals surface area contributed by atoms with Crippen LogP contribution in [-0.2, 0) is 4.79 Å². The van der Waals surface area contributed by atoms with Gasteiger partial charge in [0.1, 0.15) is 15.8 Å². The van der Waals surface area contributed by atoms with Crippen molar-refractivity contribution < 1.29 is 4.79 Å². The smallest absolute Gasteiger partial charge is 0.267 e. The van der Waals surface area contributed by atoms with E-state index in [1.165, 1.54) is 16.7 Å². The minimum Gasteiger partial charge on any atom is -0.355 e. The normalized spacial score (nSPS) is 23.3. The first-order valence-electron chi connectivity index (χ1n) is 10.4. The van der Waals surface area contributed by atoms with Crippen LogP contribution >= 0.6 is 24.0 Å². The maximum atomic E-state index is 13.6. The van der Waals surface area contributed by atoms with E-state index in [2.05, 4.69) is 25.3 Å². The van der Waals surface area contributed by atoms with Crippen LogP contribution < -0.4 is 10.5 Å². The summed E-state index contributed by atoms with van der Waals surface area (Å²) in [6.45, 7) is 12.1. The van der Waals surface area contributed by atoms with Gasteiger partial charge in [-0.05, 0) is 42.9 Å². The number of aryl methyl sites for hydroxylation is 1. The third-order valence-corrected chi connectivity index (χ3v) is 6.99. The zero-order valence-corrected chi connectivity index (χ0v) is 19.6. The average Bonchev–Trinajstić information content (AvgIpc) is 2.97. The molecule has 0 aliphatic carbocycles. The second-order valence-corrected chi connectivity index (χ2v) is 10.2. The molecule has 2 atom stereocenters. The molecule has 2 aromatic heterocycles. The van der Waals surface area contributed by atoms with Gasteiger partial charge in [0.05, 0.1) is 10.5 Å². The highest BCUT2D eigenvalue weighted by atomic mass is 32.2. The van der Waals surface area contributed by atoms with Crippen molar-refractivity contribution in [3.05, 3.63) is 57.4 Å². The molecule has 31 heavy (non-hydrogen) atoms. The highest BCUT2D eigenvalue weighted by molar-refractivity contribution is 8.26. The fourth-order valence-corrected chi connectivity index (χ4v) is 5.62. The van der Waals surface area contributed by atoms with Gasteiger partial charge in [0.2, 0.25) is 0 Å². The van der Waals surface area contributed by atoms with E-state index in [4.69, 9.17) is 17.2 Å². The topological polar surface area (TPSA) is 57.9 Å². The number of aromatic nitrogens is 2. The van der Waals surface area contributed by atoms with E-state index in [9.17, 15) is 9.59 Å². The molecule has 8 heteroatoms. The number of anilines is 1. The lowest BCUT2D eigenvalue weighted by molar-refractivity contribution is -0.121. The maximum Gasteiger partial charge on any atom is 0.267 e. The van der Waals surface area contributed by atoms with E-state index >= 15 is 0 Å². The highest BCUT2D eigenvalue weighted by Gasteiger charge is 2.33. The summed E-state index contributed by atoms with van der Waals surface area (Å²) in [5.41, 5.74) is 1.83. The van der Waals surface area contributed by atoms with Crippen LogP contribution in [0.3, 0.4) is 0 Å². The zero-order chi connectivity index (χ0) is 22.3. The number of fused-ring (bicyclic) bond motifs is 1. The van der Waals surface area contributed by atoms with E-state index in [0.29, 0.717) is 44.6 Å². The molecule has 6 nitrogen and oxygen atoms in total. The Bertz CT molecular complexity index is 1160. The van der Waals surface area contributed by atoms with Gasteiger partial charge in [0, 0.05) is 25.8 Å². The molecule has 0 radical (unpaired) electrons. The molecule has 0 bridgehead atoms. The number of carbonyl (C=O) groups excluding carboxylic acids is 1. The summed E-state index contributed by atoms with van der Waals surface area (Å²) in [6.07, 6.45) is 6.25. The van der Waals surface area contributed by atoms with Crippen molar-refractivity contribution in [3.63, 3.8) is 0 Å². The molecule has 4 rings (SSSR count). The van der Waals surface area contributed by atoms with Crippen molar-refractivity contribution in [1.29, 1.82) is 0 Å². The van der Waals surface area contributed by atoms with Crippen LogP contribution in [0, 0.1) is 18.8 Å². The third-order valence-electron chi connectivity index (χ3n) is 5.61. The maximum absolute atomic E-state index is 13.6. The van der Waals surface area contributed by atoms with Crippen LogP contribution in [0.4, 0.5) is 5.82 Å². The predicted molar refractivity (Wildman–Crippen MR) is 131 cm³/mol. The Kier molecular flexibility index (Phi) is 6.03. The van der Waals surface area contributed by atoms with E-state index in [1.807, 2.05) is 19.1 Å². The van der Waals surface area contributed by atoms with Gasteiger partial charge < -0.3 is 4.90 Å². The Morgan fingerprint density at radius 2 is 1.97 bits per heavy atom. The van der Waals surface area contributed by atoms with Gasteiger partial charge in [-0.15, -0.1) is 6.58 Å². The molecule has 2 fully saturated rings. The Morgan fingerprint density at radius 1 is 1.26 bits per heavy atom. The fraction of sp³-hybridized carbons (Fsp3) is 0.391. The van der Waals surface area contributed by atoms with Crippen LogP contribution in [0.1, 0.15) is 31.4 Å². The molecule has 1 amide bonds. The Labute approximate surface area is 191 Å². The fourth-order valence-electron chi connectivity index (χ4n) is 4.37. The third kappa shape index (κ3) is 4.19. The number of rotatable bonds is 4. The number of amides is 1. The summed E-state index contributed by atoms with van der Waals surface area (Å²) in [6, 6.07) is 3.82. The monoisotopic (exact) mass is 454 g/mol. The van der Waals surface area contributed by atoms with Crippen molar-refractivity contribution in [2.24, 2.45) is 11.8 Å². The van der Waals surface area contributed by atoms with Gasteiger partial charge in [0.15, 0.2) is 0 Å². The molecule has 2 saturated heterocycles. The highest BCUT2D eigenvalue weighted by Crippen LogP contribution is 2.34. The Morgan fingerprint density at radius 3 is 2.65 bits per heavy atom. The summed E-state index contributed by atoms with van der Waals surface area (Å²) in [5.74, 6) is 1.44. The first kappa shape index (κ1) is 21.8. The van der Waals surface area contributed by atoms with E-state index in [-0.39, 0.29) is 11.5 Å². The standard InChI is InChI=1S/C23H26N4O2S2/c1-5-8-26-22(29)18(31-23(26)30)10-17-20(25-11-15(3)9-16(4)12-25)24-19-7-6-14(2)13-27(19)21(17)28/h5-7,10,13,15-16H,1,8-9,11-12H2,2-4H3/b18-10+/t15-,16-/m1/s1. The van der Waals surface area contributed by atoms with E-state index in [1.54, 1.807) is 22.7 Å². The van der Waals surface area contributed by atoms with Crippen molar-refractivity contribution in [2.75, 3.05) is 24.5 Å². The minimum atomic E-state index is -0.199. The molecule has 0 saturated carbocycles. The minimum absolute atomic E-state index is 0.177. The molecule has 162 valence electrons. The summed E-state index contributed by atoms with van der Waals surface area (Å²) in [7, 11) is 0. The quantitative estimate of drug-likeness (QED) is 0.397. The summed E-state index contributed by atoms with van der Waals surface area (Å²) < 4.78 is 2.04. The van der Waals surface area contributed by atoms with Crippen molar-refractivity contribution in [1.82, 2.24) is 14.3 Å². The first-order chi connectivity index (χ1) is 14.8. The van der Waals surface area contributed by atoms with Crippen LogP contribution in [-0.4, -0.2) is 44.1 Å². The second kappa shape index (κ2) is 8.59. The van der Waals surface area contributed by atoms with Crippen LogP contribution in [0.25, 0.3) is 11.7 Å². The van der Waals surface area contributed by atoms with Gasteiger partial charge in [-0.3, -0.25) is 18.9 Å². The summed E-state index contributed by atoms with van der Waals surface area (Å²) in [4.78, 5) is 35.5. The zero-order valence-electron chi connectivity index (χ0n) is 18.0. The predicted octanol–water partition coefficient (Wildman–Crippen LogP) is 3.87. The number of hydrogen-bond acceptors (Lipinski definition) is 6. The van der Waals surface area contributed by atoms with Gasteiger partial charge in [-0.1, -0.05) is 50.0 Å². The van der Waals surface area contributed by atoms with Crippen molar-refractivity contribution in [2.45, 2.75) is 27.2 Å². The number of thioether (sulfide) groups is 1. The Balaban J connectivity index is 1.89. The molecule has 2 aromatic rings. The van der Waals surface area contributed by atoms with E-state index in [0.717, 1.165) is 25.1 Å². The summed E-state index contributed by atoms with van der Waals surface area (Å²) >= 11 is 6.58. The molecule has 2 aliphatic rings. The van der Waals surface area contributed by atoms with Crippen LogP contribution in [0.15, 0.2) is 40.7 Å². The lowest BCUT2D eigenvalue weighted by atomic mass is 9.91. The van der Waals surface area contributed by atoms with Gasteiger partial charge in [0.25, 0.3) is 11.5 Å². The van der Waals surface area contributed by atoms with Crippen molar-refractivity contribution in [3.8, 4) is 0 Å². The number of carbonyl (C=O) groups is 1. The molecule has 0 aromatic carbocycles. The van der Waals surface area contributed by atoms with Gasteiger partial charge in [-0.2, -0.15) is 0 Å². The second-order valence-electron chi connectivity index (χ2n) is 8.52. The lowest BCUT2D eigenvalue weighted by Gasteiger charge is -2.36. The molecule has 4 heterocycles. The largest absolute Gasteiger partial charge is 0.355 e. The molecular weight excluding hydrogens is 428 g/mol. The average molecular weight is 455 g/mol. The lowest BCUT2D eigenvalue weighted by Crippen LogP contribution is -2.40. The number of hydrogen-bond donors (Lipinski definition) is 0. The molecule has 0 spiro atoms. The SMILES string of the molecule is C=CCN1C(=O)/C(=C\c2c(N3C[C@H](C)C[C@@H](C)C3)nc3ccc(C)cn3c2=O)SC1=S. The molecule has 2 aliphatic heterocycles. The molecular formula is C23H26N4O2S2. The first-order valence-corrected chi connectivity index (χ1v) is 11.6. The molecule has 0 unspecified atom stereocenters. The number of thiocarbonyl (C=S) groups is 1. The summed E-state index contributed by atoms with van der Waals surface area (Å²) in [5, 5.41) is 0. The Hall–Kier alpha value is -2.45. The van der Waals surface area contributed by atoms with Gasteiger partial charge in [-0.25, -0.2) is 4.98 Å². The van der Waals surface area contributed by atoms with E-state index < -0.39 is 0 Å². The number of pyridine rings is 1. The number of nitrogens with zero attached hydrogens (tertiary/aromatic N) is 4. The van der Waals surface area contributed by atoms with Crippen LogP contribution in [0.5, 0.6) is 0 Å². The van der Waals surface area contributed by atoms with Gasteiger partial charge >= 0.3 is 0 Å². The van der Waals surface area contributed by atoms with Crippen LogP contribution in [0.2, 0.25) is 0 Å². The number of piperidine rings is 1.